The third kappa shape index (κ3) is 7.92. The van der Waals surface area contributed by atoms with Crippen LogP contribution in [0.5, 0.6) is 0 Å². The van der Waals surface area contributed by atoms with Crippen LogP contribution in [0.1, 0.15) is 37.0 Å². The molecule has 6 rings (SSSR count). The molecule has 0 N–H and O–H groups in total. The molecule has 1 unspecified atom stereocenters. The monoisotopic (exact) mass is 807 g/mol. The van der Waals surface area contributed by atoms with Gasteiger partial charge >= 0.3 is 132 Å². The van der Waals surface area contributed by atoms with Crippen LogP contribution in [0.4, 0.5) is 0 Å². The van der Waals surface area contributed by atoms with Gasteiger partial charge in [-0.05, 0) is 37.2 Å². The van der Waals surface area contributed by atoms with Crippen LogP contribution in [-0.4, -0.2) is 23.2 Å². The predicted molar refractivity (Wildman–Crippen MR) is 180 cm³/mol. The molecule has 0 spiro atoms. The molecule has 0 aliphatic rings. The quantitative estimate of drug-likeness (QED) is 0.124. The van der Waals surface area contributed by atoms with Gasteiger partial charge in [-0.15, -0.1) is 23.8 Å². The Labute approximate surface area is 272 Å². The van der Waals surface area contributed by atoms with E-state index in [0.29, 0.717) is 0 Å². The maximum atomic E-state index is 5.90. The molecule has 3 heterocycles. The summed E-state index contributed by atoms with van der Waals surface area (Å²) in [7, 11) is 0. The third-order valence-electron chi connectivity index (χ3n) is 7.80. The van der Waals surface area contributed by atoms with Crippen molar-refractivity contribution in [2.75, 3.05) is 0 Å². The van der Waals surface area contributed by atoms with Crippen LogP contribution < -0.4 is 4.40 Å². The van der Waals surface area contributed by atoms with Gasteiger partial charge in [0.05, 0.1) is 5.58 Å². The molecule has 1 atom stereocenters. The van der Waals surface area contributed by atoms with Crippen LogP contribution in [0.15, 0.2) is 89.6 Å². The minimum Gasteiger partial charge on any atom is -0.500 e. The van der Waals surface area contributed by atoms with Crippen molar-refractivity contribution in [3.05, 3.63) is 114 Å². The molecule has 0 saturated heterocycles. The van der Waals surface area contributed by atoms with Gasteiger partial charge in [0.15, 0.2) is 0 Å². The summed E-state index contributed by atoms with van der Waals surface area (Å²) in [6, 6.07) is 31.4. The zero-order valence-corrected chi connectivity index (χ0v) is 30.7. The second-order valence-corrected chi connectivity index (χ2v) is 23.0. The second kappa shape index (κ2) is 14.2. The number of hydrogen-bond acceptors (Lipinski definition) is 3. The standard InChI is InChI=1S/C19H26GeN.C19H14NO.Ir/c1-6-15(2)12-17-13-19(16-10-8-7-9-11-16)21-14-18(17)20(3,4)5;1-12-3-5-15-16-11-14(17-9-13(2)7-8-20-17)4-6-18(16)21-19(15)10-12;/h7-10,13-15H,6,12H2,1-5H3;3,5-11H,1-2H3;/q2*-1;. The molecule has 0 amide bonds. The summed E-state index contributed by atoms with van der Waals surface area (Å²) < 4.78 is 7.45. The molecule has 5 heteroatoms. The van der Waals surface area contributed by atoms with Gasteiger partial charge in [0.1, 0.15) is 5.58 Å². The van der Waals surface area contributed by atoms with E-state index in [-0.39, 0.29) is 20.1 Å². The van der Waals surface area contributed by atoms with Gasteiger partial charge in [-0.3, -0.25) is 0 Å². The van der Waals surface area contributed by atoms with Crippen LogP contribution in [0.2, 0.25) is 17.3 Å². The van der Waals surface area contributed by atoms with Gasteiger partial charge in [0.2, 0.25) is 0 Å². The van der Waals surface area contributed by atoms with E-state index in [1.807, 2.05) is 30.5 Å². The zero-order chi connectivity index (χ0) is 29.9. The molecular formula is C38H40GeIrN2O-2. The first-order valence-corrected chi connectivity index (χ1v) is 22.2. The Bertz CT molecular complexity index is 1820. The maximum Gasteiger partial charge on any atom is 0.121 e. The Morgan fingerprint density at radius 2 is 1.58 bits per heavy atom. The maximum absolute atomic E-state index is 5.90. The number of benzene rings is 3. The summed E-state index contributed by atoms with van der Waals surface area (Å²) >= 11 is -1.87. The molecule has 43 heavy (non-hydrogen) atoms. The summed E-state index contributed by atoms with van der Waals surface area (Å²) in [5.74, 6) is 8.07. The molecule has 1 radical (unpaired) electrons. The number of hydrogen-bond donors (Lipinski definition) is 0. The fourth-order valence-corrected chi connectivity index (χ4v) is 8.56. The van der Waals surface area contributed by atoms with Crippen molar-refractivity contribution in [3.8, 4) is 22.5 Å². The summed E-state index contributed by atoms with van der Waals surface area (Å²) in [5, 5.41) is 2.25. The minimum absolute atomic E-state index is 0. The van der Waals surface area contributed by atoms with Gasteiger partial charge < -0.3 is 9.40 Å². The molecule has 0 fully saturated rings. The molecule has 6 aromatic rings. The topological polar surface area (TPSA) is 38.9 Å². The van der Waals surface area contributed by atoms with E-state index in [2.05, 4.69) is 117 Å². The molecule has 0 saturated carbocycles. The van der Waals surface area contributed by atoms with Crippen LogP contribution in [0.3, 0.4) is 0 Å². The number of furan rings is 1. The third-order valence-corrected chi connectivity index (χ3v) is 12.1. The van der Waals surface area contributed by atoms with Crippen molar-refractivity contribution >= 4 is 39.6 Å². The van der Waals surface area contributed by atoms with Crippen LogP contribution in [0, 0.1) is 31.9 Å². The van der Waals surface area contributed by atoms with E-state index in [1.54, 1.807) is 4.40 Å². The zero-order valence-electron chi connectivity index (χ0n) is 26.2. The van der Waals surface area contributed by atoms with E-state index < -0.39 is 13.3 Å². The van der Waals surface area contributed by atoms with Crippen molar-refractivity contribution in [3.63, 3.8) is 0 Å². The normalized spacial score (nSPS) is 12.0. The first kappa shape index (κ1) is 32.9. The van der Waals surface area contributed by atoms with E-state index in [4.69, 9.17) is 9.40 Å². The first-order valence-electron chi connectivity index (χ1n) is 14.9. The fourth-order valence-electron chi connectivity index (χ4n) is 5.22. The smallest absolute Gasteiger partial charge is 0.121 e. The number of aryl methyl sites for hydroxylation is 2. The number of fused-ring (bicyclic) bond motifs is 3. The fraction of sp³-hybridized carbons (Fsp3) is 0.263. The second-order valence-electron chi connectivity index (χ2n) is 12.4. The Balaban J connectivity index is 0.000000192. The van der Waals surface area contributed by atoms with Crippen molar-refractivity contribution in [1.29, 1.82) is 0 Å². The molecule has 0 bridgehead atoms. The summed E-state index contributed by atoms with van der Waals surface area (Å²) in [6.07, 6.45) is 6.37. The predicted octanol–water partition coefficient (Wildman–Crippen LogP) is 9.75. The van der Waals surface area contributed by atoms with Gasteiger partial charge in [0, 0.05) is 31.7 Å². The van der Waals surface area contributed by atoms with Crippen LogP contribution >= 0.6 is 0 Å². The van der Waals surface area contributed by atoms with E-state index in [0.717, 1.165) is 56.8 Å². The van der Waals surface area contributed by atoms with Crippen LogP contribution in [-0.2, 0) is 26.5 Å². The number of pyridine rings is 2. The molecule has 0 aliphatic heterocycles. The Morgan fingerprint density at radius 1 is 0.814 bits per heavy atom. The van der Waals surface area contributed by atoms with E-state index in [1.165, 1.54) is 23.1 Å². The molecule has 3 aromatic carbocycles. The average molecular weight is 806 g/mol. The Kier molecular flexibility index (Phi) is 10.8. The summed E-state index contributed by atoms with van der Waals surface area (Å²) in [6.45, 7) is 8.75. The molecule has 223 valence electrons. The molecule has 3 nitrogen and oxygen atoms in total. The van der Waals surface area contributed by atoms with Crippen molar-refractivity contribution in [2.45, 2.75) is 57.8 Å². The number of nitrogens with zero attached hydrogens (tertiary/aromatic N) is 2. The summed E-state index contributed by atoms with van der Waals surface area (Å²) in [4.78, 5) is 9.16. The van der Waals surface area contributed by atoms with Crippen molar-refractivity contribution < 1.29 is 24.5 Å². The minimum atomic E-state index is -1.87. The van der Waals surface area contributed by atoms with Crippen molar-refractivity contribution in [2.24, 2.45) is 5.92 Å². The average Bonchev–Trinajstić information content (AvgIpc) is 3.34. The SMILES string of the molecule is CCC(C)Cc1cc(-c2[c-]cccc2)nc[c]1[Ge]([CH3])([CH3])[CH3].Cc1ccnc(-c2[c-]cc3oc4cc(C)ccc4c3c2)c1.[Ir]. The van der Waals surface area contributed by atoms with Crippen LogP contribution in [0.25, 0.3) is 44.5 Å². The Hall–Kier alpha value is -3.05. The molecule has 3 aromatic heterocycles. The van der Waals surface area contributed by atoms with Gasteiger partial charge in [-0.25, -0.2) is 0 Å². The van der Waals surface area contributed by atoms with Gasteiger partial charge in [-0.2, -0.15) is 0 Å². The first-order chi connectivity index (χ1) is 20.1. The van der Waals surface area contributed by atoms with E-state index >= 15 is 0 Å². The summed E-state index contributed by atoms with van der Waals surface area (Å²) in [5.41, 5.74) is 9.79. The van der Waals surface area contributed by atoms with Gasteiger partial charge in [-0.1, -0.05) is 29.1 Å². The largest absolute Gasteiger partial charge is 0.500 e. The number of rotatable bonds is 6. The molecule has 0 aliphatic carbocycles. The van der Waals surface area contributed by atoms with Crippen molar-refractivity contribution in [1.82, 2.24) is 9.97 Å². The van der Waals surface area contributed by atoms with Gasteiger partial charge in [0.25, 0.3) is 0 Å². The Morgan fingerprint density at radius 3 is 2.28 bits per heavy atom. The number of aromatic nitrogens is 2. The van der Waals surface area contributed by atoms with E-state index in [9.17, 15) is 0 Å². The molecular weight excluding hydrogens is 765 g/mol.